The van der Waals surface area contributed by atoms with Gasteiger partial charge in [-0.05, 0) is 56.3 Å². The van der Waals surface area contributed by atoms with E-state index < -0.39 is 6.61 Å². The molecule has 24 heavy (non-hydrogen) atoms. The van der Waals surface area contributed by atoms with Gasteiger partial charge in [0.1, 0.15) is 5.75 Å². The molecule has 136 valence electrons. The number of anilines is 1. The number of benzene rings is 1. The van der Waals surface area contributed by atoms with Crippen molar-refractivity contribution < 1.29 is 18.3 Å². The maximum Gasteiger partial charge on any atom is 0.387 e. The van der Waals surface area contributed by atoms with Gasteiger partial charge in [-0.3, -0.25) is 4.79 Å². The molecule has 0 aliphatic carbocycles. The Hall–Kier alpha value is -1.40. The number of carbonyl (C=O) groups is 1. The molecule has 1 saturated heterocycles. The molecule has 1 aliphatic heterocycles. The van der Waals surface area contributed by atoms with Gasteiger partial charge in [0, 0.05) is 6.42 Å². The van der Waals surface area contributed by atoms with Gasteiger partial charge in [0.15, 0.2) is 0 Å². The fourth-order valence-electron chi connectivity index (χ4n) is 3.01. The number of hydrogen-bond donors (Lipinski definition) is 2. The van der Waals surface area contributed by atoms with Crippen LogP contribution in [-0.4, -0.2) is 25.6 Å². The maximum absolute atomic E-state index is 12.5. The molecule has 2 atom stereocenters. The summed E-state index contributed by atoms with van der Waals surface area (Å²) >= 11 is 0. The van der Waals surface area contributed by atoms with Crippen LogP contribution < -0.4 is 15.4 Å². The molecular weight excluding hydrogens is 338 g/mol. The summed E-state index contributed by atoms with van der Waals surface area (Å²) in [6.07, 6.45) is 2.61. The summed E-state index contributed by atoms with van der Waals surface area (Å²) in [5.41, 5.74) is 1.02. The number of hydrogen-bond acceptors (Lipinski definition) is 3. The first kappa shape index (κ1) is 20.6. The number of piperidine rings is 1. The second kappa shape index (κ2) is 9.79. The van der Waals surface area contributed by atoms with Crippen molar-refractivity contribution in [3.63, 3.8) is 0 Å². The summed E-state index contributed by atoms with van der Waals surface area (Å²) in [7, 11) is 0. The Morgan fingerprint density at radius 2 is 2.21 bits per heavy atom. The Morgan fingerprint density at radius 3 is 2.83 bits per heavy atom. The van der Waals surface area contributed by atoms with Gasteiger partial charge >= 0.3 is 6.61 Å². The number of para-hydroxylation sites is 1. The van der Waals surface area contributed by atoms with E-state index in [1.165, 1.54) is 6.07 Å². The molecule has 0 saturated carbocycles. The lowest BCUT2D eigenvalue weighted by Crippen LogP contribution is -2.34. The van der Waals surface area contributed by atoms with Crippen LogP contribution in [0.4, 0.5) is 14.5 Å². The molecule has 1 aromatic rings. The summed E-state index contributed by atoms with van der Waals surface area (Å²) in [6, 6.07) is 4.81. The lowest BCUT2D eigenvalue weighted by Gasteiger charge is -2.28. The van der Waals surface area contributed by atoms with Crippen molar-refractivity contribution in [2.24, 2.45) is 11.8 Å². The minimum Gasteiger partial charge on any atom is -0.433 e. The van der Waals surface area contributed by atoms with Crippen molar-refractivity contribution in [1.82, 2.24) is 5.32 Å². The number of ether oxygens (including phenoxy) is 1. The monoisotopic (exact) mass is 362 g/mol. The number of aryl methyl sites for hydroxylation is 1. The second-order valence-corrected chi connectivity index (χ2v) is 6.16. The van der Waals surface area contributed by atoms with Crippen LogP contribution in [0.25, 0.3) is 0 Å². The predicted octanol–water partition coefficient (Wildman–Crippen LogP) is 3.98. The SMILES string of the molecule is Cc1cccc(OC(F)F)c1NC(=O)CC(C)C1CCCNC1.Cl. The summed E-state index contributed by atoms with van der Waals surface area (Å²) in [4.78, 5) is 12.3. The molecule has 0 bridgehead atoms. The zero-order valence-electron chi connectivity index (χ0n) is 14.0. The maximum atomic E-state index is 12.5. The molecule has 2 unspecified atom stereocenters. The third-order valence-corrected chi connectivity index (χ3v) is 4.36. The molecule has 0 spiro atoms. The van der Waals surface area contributed by atoms with Crippen molar-refractivity contribution in [2.45, 2.75) is 39.7 Å². The fraction of sp³-hybridized carbons (Fsp3) is 0.588. The Labute approximate surface area is 147 Å². The quantitative estimate of drug-likeness (QED) is 0.804. The van der Waals surface area contributed by atoms with Crippen LogP contribution in [0.1, 0.15) is 31.7 Å². The second-order valence-electron chi connectivity index (χ2n) is 6.16. The van der Waals surface area contributed by atoms with E-state index in [2.05, 4.69) is 22.3 Å². The van der Waals surface area contributed by atoms with E-state index in [4.69, 9.17) is 0 Å². The Kier molecular flexibility index (Phi) is 8.42. The highest BCUT2D eigenvalue weighted by Gasteiger charge is 2.23. The number of rotatable bonds is 6. The lowest BCUT2D eigenvalue weighted by molar-refractivity contribution is -0.117. The largest absolute Gasteiger partial charge is 0.433 e. The molecule has 7 heteroatoms. The van der Waals surface area contributed by atoms with E-state index in [9.17, 15) is 13.6 Å². The highest BCUT2D eigenvalue weighted by molar-refractivity contribution is 5.93. The first-order valence-electron chi connectivity index (χ1n) is 8.02. The van der Waals surface area contributed by atoms with Gasteiger partial charge in [-0.2, -0.15) is 8.78 Å². The number of halogens is 3. The van der Waals surface area contributed by atoms with Crippen molar-refractivity contribution in [3.05, 3.63) is 23.8 Å². The van der Waals surface area contributed by atoms with Gasteiger partial charge in [-0.25, -0.2) is 0 Å². The zero-order valence-corrected chi connectivity index (χ0v) is 14.8. The van der Waals surface area contributed by atoms with Crippen LogP contribution in [-0.2, 0) is 4.79 Å². The van der Waals surface area contributed by atoms with Crippen LogP contribution in [0.2, 0.25) is 0 Å². The average molecular weight is 363 g/mol. The third kappa shape index (κ3) is 5.91. The van der Waals surface area contributed by atoms with E-state index in [-0.39, 0.29) is 30.0 Å². The van der Waals surface area contributed by atoms with E-state index >= 15 is 0 Å². The van der Waals surface area contributed by atoms with Gasteiger partial charge in [0.05, 0.1) is 5.69 Å². The van der Waals surface area contributed by atoms with Crippen LogP contribution >= 0.6 is 12.4 Å². The third-order valence-electron chi connectivity index (χ3n) is 4.36. The Morgan fingerprint density at radius 1 is 1.46 bits per heavy atom. The van der Waals surface area contributed by atoms with Crippen LogP contribution in [0, 0.1) is 18.8 Å². The molecular formula is C17H25ClF2N2O2. The van der Waals surface area contributed by atoms with Crippen molar-refractivity contribution in [1.29, 1.82) is 0 Å². The van der Waals surface area contributed by atoms with Crippen LogP contribution in [0.3, 0.4) is 0 Å². The Bertz CT molecular complexity index is 537. The number of carbonyl (C=O) groups excluding carboxylic acids is 1. The van der Waals surface area contributed by atoms with E-state index in [0.29, 0.717) is 23.6 Å². The minimum atomic E-state index is -2.92. The number of alkyl halides is 2. The van der Waals surface area contributed by atoms with E-state index in [0.717, 1.165) is 25.9 Å². The van der Waals surface area contributed by atoms with Crippen molar-refractivity contribution in [2.75, 3.05) is 18.4 Å². The molecule has 1 fully saturated rings. The summed E-state index contributed by atoms with van der Waals surface area (Å²) < 4.78 is 29.5. The topological polar surface area (TPSA) is 50.4 Å². The first-order chi connectivity index (χ1) is 11.0. The summed E-state index contributed by atoms with van der Waals surface area (Å²) in [5.74, 6) is 0.547. The Balaban J connectivity index is 0.00000288. The van der Waals surface area contributed by atoms with Gasteiger partial charge in [-0.15, -0.1) is 12.4 Å². The molecule has 1 heterocycles. The summed E-state index contributed by atoms with van der Waals surface area (Å²) in [6.45, 7) is 2.86. The molecule has 1 amide bonds. The van der Waals surface area contributed by atoms with Gasteiger partial charge in [0.25, 0.3) is 0 Å². The number of nitrogens with one attached hydrogen (secondary N) is 2. The minimum absolute atomic E-state index is 0. The standard InChI is InChI=1S/C17H24F2N2O2.ClH/c1-11-5-3-7-14(23-17(18)19)16(11)21-15(22)9-12(2)13-6-4-8-20-10-13;/h3,5,7,12-13,17,20H,4,6,8-10H2,1-2H3,(H,21,22);1H. The zero-order chi connectivity index (χ0) is 16.8. The molecule has 2 rings (SSSR count). The van der Waals surface area contributed by atoms with Gasteiger partial charge < -0.3 is 15.4 Å². The van der Waals surface area contributed by atoms with Crippen LogP contribution in [0.5, 0.6) is 5.75 Å². The van der Waals surface area contributed by atoms with Gasteiger partial charge in [0.2, 0.25) is 5.91 Å². The molecule has 0 aromatic heterocycles. The highest BCUT2D eigenvalue weighted by Crippen LogP contribution is 2.30. The average Bonchev–Trinajstić information content (AvgIpc) is 2.51. The molecule has 1 aromatic carbocycles. The molecule has 1 aliphatic rings. The van der Waals surface area contributed by atoms with Crippen LogP contribution in [0.15, 0.2) is 18.2 Å². The first-order valence-corrected chi connectivity index (χ1v) is 8.02. The number of amides is 1. The molecule has 0 radical (unpaired) electrons. The fourth-order valence-corrected chi connectivity index (χ4v) is 3.01. The predicted molar refractivity (Wildman–Crippen MR) is 93.1 cm³/mol. The molecule has 4 nitrogen and oxygen atoms in total. The normalized spacial score (nSPS) is 18.6. The smallest absolute Gasteiger partial charge is 0.387 e. The highest BCUT2D eigenvalue weighted by atomic mass is 35.5. The van der Waals surface area contributed by atoms with Crippen molar-refractivity contribution >= 4 is 24.0 Å². The summed E-state index contributed by atoms with van der Waals surface area (Å²) in [5, 5.41) is 6.08. The van der Waals surface area contributed by atoms with E-state index in [1.54, 1.807) is 19.1 Å². The van der Waals surface area contributed by atoms with E-state index in [1.807, 2.05) is 0 Å². The molecule has 2 N–H and O–H groups in total. The van der Waals surface area contributed by atoms with Crippen molar-refractivity contribution in [3.8, 4) is 5.75 Å². The van der Waals surface area contributed by atoms with Gasteiger partial charge in [-0.1, -0.05) is 19.1 Å². The lowest BCUT2D eigenvalue weighted by atomic mass is 9.85.